The van der Waals surface area contributed by atoms with Gasteiger partial charge in [-0.3, -0.25) is 19.9 Å². The third-order valence-corrected chi connectivity index (χ3v) is 7.56. The summed E-state index contributed by atoms with van der Waals surface area (Å²) in [6.07, 6.45) is 4.42. The minimum atomic E-state index is -1.54. The molecule has 0 unspecified atom stereocenters. The first-order valence-corrected chi connectivity index (χ1v) is 12.8. The Balaban J connectivity index is 1.37. The molecule has 1 amide bonds. The monoisotopic (exact) mass is 547 g/mol. The fraction of sp³-hybridized carbons (Fsp3) is 0.429. The molecule has 210 valence electrons. The number of amides is 1. The Hall–Kier alpha value is -3.41. The van der Waals surface area contributed by atoms with E-state index in [2.05, 4.69) is 9.88 Å². The van der Waals surface area contributed by atoms with Crippen molar-refractivity contribution in [2.75, 3.05) is 33.4 Å². The quantitative estimate of drug-likeness (QED) is 0.188. The van der Waals surface area contributed by atoms with E-state index >= 15 is 0 Å². The van der Waals surface area contributed by atoms with E-state index in [1.54, 1.807) is 13.3 Å². The second-order valence-corrected chi connectivity index (χ2v) is 9.77. The molecule has 1 aliphatic heterocycles. The van der Waals surface area contributed by atoms with Crippen molar-refractivity contribution in [2.24, 2.45) is 5.41 Å². The molecule has 2 heterocycles. The van der Waals surface area contributed by atoms with Gasteiger partial charge in [-0.15, -0.1) is 0 Å². The fourth-order valence-corrected chi connectivity index (χ4v) is 5.25. The zero-order valence-electron chi connectivity index (χ0n) is 21.7. The van der Waals surface area contributed by atoms with Crippen LogP contribution in [0.1, 0.15) is 36.8 Å². The molecule has 2 aromatic carbocycles. The number of methoxy groups -OCH3 is 1. The number of hydroxylamine groups is 1. The molecular formula is C28H32F3N3O5. The van der Waals surface area contributed by atoms with E-state index in [1.165, 1.54) is 0 Å². The van der Waals surface area contributed by atoms with Crippen molar-refractivity contribution >= 4 is 16.8 Å². The molecule has 39 heavy (non-hydrogen) atoms. The molecule has 1 fully saturated rings. The van der Waals surface area contributed by atoms with Crippen molar-refractivity contribution in [2.45, 2.75) is 38.7 Å². The summed E-state index contributed by atoms with van der Waals surface area (Å²) in [5.41, 5.74) is 3.52. The molecule has 3 aromatic rings. The number of hydrogen-bond donors (Lipinski definition) is 3. The highest BCUT2D eigenvalue weighted by Crippen LogP contribution is 2.38. The van der Waals surface area contributed by atoms with Crippen LogP contribution in [0.4, 0.5) is 13.2 Å². The van der Waals surface area contributed by atoms with E-state index in [4.69, 9.17) is 9.47 Å². The fourth-order valence-electron chi connectivity index (χ4n) is 5.25. The van der Waals surface area contributed by atoms with Gasteiger partial charge in [0.15, 0.2) is 17.5 Å². The van der Waals surface area contributed by atoms with Crippen LogP contribution in [0.15, 0.2) is 36.5 Å². The predicted molar refractivity (Wildman–Crippen MR) is 137 cm³/mol. The van der Waals surface area contributed by atoms with Crippen LogP contribution >= 0.6 is 0 Å². The summed E-state index contributed by atoms with van der Waals surface area (Å²) in [5, 5.41) is 20.3. The number of carbonyl (C=O) groups is 1. The van der Waals surface area contributed by atoms with Crippen molar-refractivity contribution in [3.05, 3.63) is 65.1 Å². The second kappa shape index (κ2) is 12.6. The zero-order chi connectivity index (χ0) is 28.0. The minimum absolute atomic E-state index is 0.0964. The molecule has 0 saturated carbocycles. The number of rotatable bonds is 11. The normalized spacial score (nSPS) is 15.3. The maximum Gasteiger partial charge on any atom is 0.249 e. The van der Waals surface area contributed by atoms with Crippen LogP contribution < -0.4 is 15.0 Å². The molecule has 0 radical (unpaired) electrons. The van der Waals surface area contributed by atoms with Crippen LogP contribution in [0.5, 0.6) is 11.5 Å². The van der Waals surface area contributed by atoms with E-state index in [-0.39, 0.29) is 19.0 Å². The molecule has 0 spiro atoms. The molecule has 3 N–H and O–H groups in total. The number of likely N-dealkylation sites (tertiary alicyclic amines) is 1. The van der Waals surface area contributed by atoms with Crippen LogP contribution in [-0.4, -0.2) is 59.5 Å². The highest BCUT2D eigenvalue weighted by atomic mass is 19.2. The van der Waals surface area contributed by atoms with E-state index < -0.39 is 28.8 Å². The van der Waals surface area contributed by atoms with E-state index in [1.807, 2.05) is 23.7 Å². The Morgan fingerprint density at radius 1 is 1.13 bits per heavy atom. The molecule has 1 aromatic heterocycles. The summed E-state index contributed by atoms with van der Waals surface area (Å²) >= 11 is 0. The first kappa shape index (κ1) is 28.6. The second-order valence-electron chi connectivity index (χ2n) is 9.77. The van der Waals surface area contributed by atoms with Gasteiger partial charge >= 0.3 is 0 Å². The van der Waals surface area contributed by atoms with Gasteiger partial charge in [-0.2, -0.15) is 0 Å². The number of nitrogens with one attached hydrogen (secondary N) is 1. The SMILES string of the molecule is COc1ccc2ncc(CO)c(CCCC3(C(=O)NO)CCN(CCOc4cc(F)c(F)c(F)c4)CC3)c2c1. The Morgan fingerprint density at radius 2 is 1.85 bits per heavy atom. The van der Waals surface area contributed by atoms with Crippen LogP contribution in [0.2, 0.25) is 0 Å². The average Bonchev–Trinajstić information content (AvgIpc) is 2.96. The Morgan fingerprint density at radius 3 is 2.49 bits per heavy atom. The lowest BCUT2D eigenvalue weighted by atomic mass is 9.73. The summed E-state index contributed by atoms with van der Waals surface area (Å²) in [7, 11) is 1.59. The van der Waals surface area contributed by atoms with Gasteiger partial charge in [0, 0.05) is 30.3 Å². The largest absolute Gasteiger partial charge is 0.497 e. The number of ether oxygens (including phenoxy) is 2. The van der Waals surface area contributed by atoms with E-state index in [0.717, 1.165) is 28.6 Å². The first-order valence-electron chi connectivity index (χ1n) is 12.8. The third kappa shape index (κ3) is 6.43. The van der Waals surface area contributed by atoms with Gasteiger partial charge in [0.2, 0.25) is 5.91 Å². The molecule has 8 nitrogen and oxygen atoms in total. The smallest absolute Gasteiger partial charge is 0.249 e. The number of aromatic nitrogens is 1. The molecule has 0 bridgehead atoms. The van der Waals surface area contributed by atoms with Crippen molar-refractivity contribution in [1.29, 1.82) is 0 Å². The lowest BCUT2D eigenvalue weighted by molar-refractivity contribution is -0.143. The van der Waals surface area contributed by atoms with Crippen molar-refractivity contribution < 1.29 is 37.8 Å². The molecule has 0 atom stereocenters. The Labute approximate surface area is 224 Å². The minimum Gasteiger partial charge on any atom is -0.497 e. The maximum absolute atomic E-state index is 13.4. The van der Waals surface area contributed by atoms with Crippen molar-refractivity contribution in [1.82, 2.24) is 15.4 Å². The number of nitrogens with zero attached hydrogens (tertiary/aromatic N) is 2. The number of hydrogen-bond acceptors (Lipinski definition) is 7. The summed E-state index contributed by atoms with van der Waals surface area (Å²) < 4.78 is 50.7. The van der Waals surface area contributed by atoms with Crippen molar-refractivity contribution in [3.63, 3.8) is 0 Å². The van der Waals surface area contributed by atoms with Crippen LogP contribution in [0.3, 0.4) is 0 Å². The number of aryl methyl sites for hydroxylation is 1. The van der Waals surface area contributed by atoms with Crippen LogP contribution in [-0.2, 0) is 17.8 Å². The maximum atomic E-state index is 13.4. The highest BCUT2D eigenvalue weighted by molar-refractivity contribution is 5.84. The number of carbonyl (C=O) groups excluding carboxylic acids is 1. The van der Waals surface area contributed by atoms with Crippen LogP contribution in [0.25, 0.3) is 10.9 Å². The summed E-state index contributed by atoms with van der Waals surface area (Å²) in [5.74, 6) is -4.01. The number of aliphatic hydroxyl groups excluding tert-OH is 1. The van der Waals surface area contributed by atoms with Gasteiger partial charge < -0.3 is 14.6 Å². The number of halogens is 3. The number of benzene rings is 2. The molecule has 11 heteroatoms. The topological polar surface area (TPSA) is 104 Å². The summed E-state index contributed by atoms with van der Waals surface area (Å²) in [4.78, 5) is 19.3. The molecule has 4 rings (SSSR count). The number of piperidine rings is 1. The first-order chi connectivity index (χ1) is 18.8. The number of aliphatic hydroxyl groups is 1. The number of pyridine rings is 1. The summed E-state index contributed by atoms with van der Waals surface area (Å²) in [6.45, 7) is 1.53. The predicted octanol–water partition coefficient (Wildman–Crippen LogP) is 4.14. The van der Waals surface area contributed by atoms with Crippen LogP contribution in [0, 0.1) is 22.9 Å². The van der Waals surface area contributed by atoms with Gasteiger partial charge in [0.1, 0.15) is 18.1 Å². The Kier molecular flexibility index (Phi) is 9.26. The lowest BCUT2D eigenvalue weighted by Crippen LogP contribution is -2.49. The molecule has 0 aliphatic carbocycles. The van der Waals surface area contributed by atoms with E-state index in [0.29, 0.717) is 63.1 Å². The van der Waals surface area contributed by atoms with Gasteiger partial charge in [-0.25, -0.2) is 18.7 Å². The molecule has 1 saturated heterocycles. The van der Waals surface area contributed by atoms with Gasteiger partial charge in [-0.1, -0.05) is 0 Å². The van der Waals surface area contributed by atoms with Crippen molar-refractivity contribution in [3.8, 4) is 11.5 Å². The Bertz CT molecular complexity index is 1290. The molecular weight excluding hydrogens is 515 g/mol. The van der Waals surface area contributed by atoms with Gasteiger partial charge in [-0.05, 0) is 74.5 Å². The summed E-state index contributed by atoms with van der Waals surface area (Å²) in [6, 6.07) is 7.18. The average molecular weight is 548 g/mol. The van der Waals surface area contributed by atoms with E-state index in [9.17, 15) is 28.3 Å². The third-order valence-electron chi connectivity index (χ3n) is 7.56. The van der Waals surface area contributed by atoms with Gasteiger partial charge in [0.25, 0.3) is 0 Å². The molecule has 1 aliphatic rings. The highest BCUT2D eigenvalue weighted by Gasteiger charge is 2.40. The zero-order valence-corrected chi connectivity index (χ0v) is 21.7. The standard InChI is InChI=1S/C28H32F3N3O5/c1-38-19-4-5-25-22(13-19)21(18(17-35)16-32-25)3-2-6-28(27(36)33-37)7-9-34(10-8-28)11-12-39-20-14-23(29)26(31)24(30)15-20/h4-5,13-16,35,37H,2-3,6-12,17H2,1H3,(H,33,36). The lowest BCUT2D eigenvalue weighted by Gasteiger charge is -2.40. The van der Waals surface area contributed by atoms with Gasteiger partial charge in [0.05, 0.1) is 24.6 Å². The number of fused-ring (bicyclic) bond motifs is 1.